The summed E-state index contributed by atoms with van der Waals surface area (Å²) in [6.07, 6.45) is -8.92. The summed E-state index contributed by atoms with van der Waals surface area (Å²) < 4.78 is 86.1. The van der Waals surface area contributed by atoms with Crippen molar-refractivity contribution < 1.29 is 35.9 Å². The smallest absolute Gasteiger partial charge is 0.436 e. The topological polar surface area (TPSA) is 50.6 Å². The minimum Gasteiger partial charge on any atom is -0.495 e. The van der Waals surface area contributed by atoms with Crippen LogP contribution in [0.25, 0.3) is 11.3 Å². The summed E-state index contributed by atoms with van der Waals surface area (Å²) >= 11 is 12.2. The number of aromatic nitrogens is 2. The van der Waals surface area contributed by atoms with Crippen molar-refractivity contribution in [3.05, 3.63) is 63.8 Å². The van der Waals surface area contributed by atoms with Gasteiger partial charge in [-0.1, -0.05) is 35.3 Å². The maximum atomic E-state index is 13.6. The van der Waals surface area contributed by atoms with Crippen LogP contribution in [0.3, 0.4) is 0 Å². The molecule has 0 saturated carbocycles. The van der Waals surface area contributed by atoms with Gasteiger partial charge in [-0.2, -0.15) is 31.4 Å². The molecule has 2 heterocycles. The summed E-state index contributed by atoms with van der Waals surface area (Å²) in [4.78, 5) is 15.9. The standard InChI is InChI=1S/C25H22Cl2F6N4O2/c1-39-20-12-17(6-7-19(20)26)35-8-10-36(11-9-35)18(14-38)13-37-22(21(27)23(34-37)25(31,32)33)15-2-4-16(5-3-15)24(28,29)30/h2-7,12,14,18H,8-11,13H2,1H3. The van der Waals surface area contributed by atoms with Crippen LogP contribution in [0.2, 0.25) is 10.0 Å². The molecule has 0 bridgehead atoms. The van der Waals surface area contributed by atoms with Gasteiger partial charge in [0.1, 0.15) is 12.0 Å². The number of nitrogens with zero attached hydrogens (tertiary/aromatic N) is 4. The van der Waals surface area contributed by atoms with Crippen LogP contribution in [0.4, 0.5) is 32.0 Å². The molecule has 6 nitrogen and oxygen atoms in total. The average Bonchev–Trinajstić information content (AvgIpc) is 3.23. The lowest BCUT2D eigenvalue weighted by Crippen LogP contribution is -2.52. The van der Waals surface area contributed by atoms with Crippen molar-refractivity contribution in [1.82, 2.24) is 14.7 Å². The van der Waals surface area contributed by atoms with Crippen LogP contribution in [-0.2, 0) is 23.7 Å². The molecule has 1 aliphatic heterocycles. The number of rotatable bonds is 7. The molecule has 0 spiro atoms. The fourth-order valence-electron chi connectivity index (χ4n) is 4.42. The van der Waals surface area contributed by atoms with Crippen LogP contribution in [0.15, 0.2) is 42.5 Å². The SMILES string of the molecule is COc1cc(N2CCN(C(C=O)Cn3nc(C(F)(F)F)c(Cl)c3-c3ccc(C(F)(F)F)cc3)CC2)ccc1Cl. The van der Waals surface area contributed by atoms with E-state index in [0.29, 0.717) is 43.2 Å². The quantitative estimate of drug-likeness (QED) is 0.238. The summed E-state index contributed by atoms with van der Waals surface area (Å²) in [5.41, 5.74) is -1.72. The highest BCUT2D eigenvalue weighted by molar-refractivity contribution is 6.34. The summed E-state index contributed by atoms with van der Waals surface area (Å²) in [7, 11) is 1.50. The second kappa shape index (κ2) is 11.3. The van der Waals surface area contributed by atoms with E-state index < -0.39 is 34.7 Å². The molecule has 0 N–H and O–H groups in total. The number of anilines is 1. The lowest BCUT2D eigenvalue weighted by atomic mass is 10.1. The number of alkyl halides is 6. The van der Waals surface area contributed by atoms with E-state index in [-0.39, 0.29) is 17.8 Å². The predicted octanol–water partition coefficient (Wildman–Crippen LogP) is 6.29. The van der Waals surface area contributed by atoms with Crippen LogP contribution in [-0.4, -0.2) is 60.3 Å². The molecule has 1 fully saturated rings. The first-order valence-corrected chi connectivity index (χ1v) is 12.4. The van der Waals surface area contributed by atoms with Gasteiger partial charge < -0.3 is 14.4 Å². The van der Waals surface area contributed by atoms with E-state index in [2.05, 4.69) is 10.00 Å². The first-order chi connectivity index (χ1) is 18.3. The van der Waals surface area contributed by atoms with Crippen molar-refractivity contribution in [2.75, 3.05) is 38.2 Å². The van der Waals surface area contributed by atoms with Gasteiger partial charge in [-0.3, -0.25) is 9.58 Å². The molecule has 4 rings (SSSR count). The first kappa shape index (κ1) is 29.0. The number of piperazine rings is 1. The van der Waals surface area contributed by atoms with Crippen LogP contribution < -0.4 is 9.64 Å². The van der Waals surface area contributed by atoms with Gasteiger partial charge in [-0.05, 0) is 24.3 Å². The van der Waals surface area contributed by atoms with Gasteiger partial charge >= 0.3 is 12.4 Å². The Bertz CT molecular complexity index is 1320. The van der Waals surface area contributed by atoms with Crippen molar-refractivity contribution in [3.8, 4) is 17.0 Å². The number of halogens is 8. The normalized spacial score (nSPS) is 15.9. The fraction of sp³-hybridized carbons (Fsp3) is 0.360. The molecule has 210 valence electrons. The van der Waals surface area contributed by atoms with E-state index >= 15 is 0 Å². The van der Waals surface area contributed by atoms with Gasteiger partial charge in [0.2, 0.25) is 0 Å². The Balaban J connectivity index is 1.57. The Morgan fingerprint density at radius 2 is 1.62 bits per heavy atom. The lowest BCUT2D eigenvalue weighted by molar-refractivity contribution is -0.141. The molecule has 1 saturated heterocycles. The molecule has 0 radical (unpaired) electrons. The number of hydrogen-bond donors (Lipinski definition) is 0. The summed E-state index contributed by atoms with van der Waals surface area (Å²) in [6.45, 7) is 1.55. The van der Waals surface area contributed by atoms with Gasteiger partial charge in [-0.25, -0.2) is 0 Å². The molecule has 14 heteroatoms. The van der Waals surface area contributed by atoms with Crippen LogP contribution in [0.1, 0.15) is 11.3 Å². The monoisotopic (exact) mass is 594 g/mol. The van der Waals surface area contributed by atoms with Crippen molar-refractivity contribution in [2.45, 2.75) is 24.9 Å². The van der Waals surface area contributed by atoms with Gasteiger partial charge in [0.15, 0.2) is 5.69 Å². The van der Waals surface area contributed by atoms with E-state index in [9.17, 15) is 31.1 Å². The second-order valence-electron chi connectivity index (χ2n) is 8.81. The van der Waals surface area contributed by atoms with Crippen molar-refractivity contribution in [2.24, 2.45) is 0 Å². The molecular weight excluding hydrogens is 573 g/mol. The molecule has 3 aromatic rings. The minimum absolute atomic E-state index is 0.00199. The van der Waals surface area contributed by atoms with Crippen molar-refractivity contribution in [3.63, 3.8) is 0 Å². The Morgan fingerprint density at radius 3 is 2.15 bits per heavy atom. The number of aldehydes is 1. The number of methoxy groups -OCH3 is 1. The number of benzene rings is 2. The number of carbonyl (C=O) groups is 1. The van der Waals surface area contributed by atoms with E-state index in [4.69, 9.17) is 27.9 Å². The highest BCUT2D eigenvalue weighted by Gasteiger charge is 2.40. The molecule has 2 aromatic carbocycles. The first-order valence-electron chi connectivity index (χ1n) is 11.6. The predicted molar refractivity (Wildman–Crippen MR) is 134 cm³/mol. The molecule has 1 atom stereocenters. The van der Waals surface area contributed by atoms with Crippen LogP contribution in [0, 0.1) is 0 Å². The third kappa shape index (κ3) is 6.28. The van der Waals surface area contributed by atoms with E-state index in [1.54, 1.807) is 17.0 Å². The molecule has 1 aliphatic rings. The van der Waals surface area contributed by atoms with Crippen LogP contribution >= 0.6 is 23.2 Å². The van der Waals surface area contributed by atoms with E-state index in [1.165, 1.54) is 7.11 Å². The Hall–Kier alpha value is -2.96. The van der Waals surface area contributed by atoms with E-state index in [0.717, 1.165) is 34.6 Å². The maximum Gasteiger partial charge on any atom is 0.436 e. The summed E-state index contributed by atoms with van der Waals surface area (Å²) in [5.74, 6) is 0.509. The summed E-state index contributed by atoms with van der Waals surface area (Å²) in [5, 5.41) is 3.32. The molecule has 1 aromatic heterocycles. The second-order valence-corrected chi connectivity index (χ2v) is 9.60. The number of ether oxygens (including phenoxy) is 1. The van der Waals surface area contributed by atoms with Gasteiger partial charge in [-0.15, -0.1) is 0 Å². The highest BCUT2D eigenvalue weighted by atomic mass is 35.5. The van der Waals surface area contributed by atoms with Crippen molar-refractivity contribution in [1.29, 1.82) is 0 Å². The fourth-order valence-corrected chi connectivity index (χ4v) is 4.97. The van der Waals surface area contributed by atoms with E-state index in [1.807, 2.05) is 6.07 Å². The molecule has 0 amide bonds. The third-order valence-electron chi connectivity index (χ3n) is 6.45. The number of hydrogen-bond acceptors (Lipinski definition) is 5. The Labute approximate surface area is 229 Å². The average molecular weight is 595 g/mol. The number of carbonyl (C=O) groups excluding carboxylic acids is 1. The van der Waals surface area contributed by atoms with Gasteiger partial charge in [0.25, 0.3) is 0 Å². The third-order valence-corrected chi connectivity index (χ3v) is 7.12. The zero-order valence-electron chi connectivity index (χ0n) is 20.4. The van der Waals surface area contributed by atoms with Gasteiger partial charge in [0.05, 0.1) is 41.0 Å². The molecule has 1 unspecified atom stereocenters. The van der Waals surface area contributed by atoms with Gasteiger partial charge in [0, 0.05) is 43.5 Å². The Morgan fingerprint density at radius 1 is 0.974 bits per heavy atom. The zero-order chi connectivity index (χ0) is 28.5. The largest absolute Gasteiger partial charge is 0.495 e. The molecular formula is C25H22Cl2F6N4O2. The zero-order valence-corrected chi connectivity index (χ0v) is 21.9. The van der Waals surface area contributed by atoms with Crippen molar-refractivity contribution >= 4 is 35.2 Å². The molecule has 39 heavy (non-hydrogen) atoms. The lowest BCUT2D eigenvalue weighted by Gasteiger charge is -2.38. The molecule has 0 aliphatic carbocycles. The Kier molecular flexibility index (Phi) is 8.38. The van der Waals surface area contributed by atoms with Crippen LogP contribution in [0.5, 0.6) is 5.75 Å². The maximum absolute atomic E-state index is 13.6. The highest BCUT2D eigenvalue weighted by Crippen LogP contribution is 2.40. The summed E-state index contributed by atoms with van der Waals surface area (Å²) in [6, 6.07) is 8.01. The minimum atomic E-state index is -4.91.